The number of rotatable bonds is 3. The van der Waals surface area contributed by atoms with Gasteiger partial charge in [0.05, 0.1) is 5.41 Å². The lowest BCUT2D eigenvalue weighted by Crippen LogP contribution is -2.35. The van der Waals surface area contributed by atoms with Crippen LogP contribution >= 0.6 is 0 Å². The molecule has 0 saturated heterocycles. The molecule has 0 unspecified atom stereocenters. The van der Waals surface area contributed by atoms with Crippen molar-refractivity contribution < 1.29 is 4.74 Å². The van der Waals surface area contributed by atoms with Crippen LogP contribution < -0.4 is 4.74 Å². The molecule has 5 nitrogen and oxygen atoms in total. The molecule has 4 aromatic carbocycles. The predicted molar refractivity (Wildman–Crippen MR) is 172 cm³/mol. The Balaban J connectivity index is 1.30. The molecule has 3 aliphatic rings. The number of ether oxygens (including phenoxy) is 1. The van der Waals surface area contributed by atoms with Crippen molar-refractivity contribution >= 4 is 5.57 Å². The minimum Gasteiger partial charge on any atom is -0.461 e. The minimum atomic E-state index is -0.512. The van der Waals surface area contributed by atoms with E-state index < -0.39 is 5.41 Å². The topological polar surface area (TPSA) is 60.8 Å². The van der Waals surface area contributed by atoms with Gasteiger partial charge in [-0.3, -0.25) is 4.98 Å². The van der Waals surface area contributed by atoms with Crippen LogP contribution in [0.1, 0.15) is 35.4 Å². The van der Waals surface area contributed by atoms with Gasteiger partial charge in [0.1, 0.15) is 17.2 Å². The average Bonchev–Trinajstić information content (AvgIpc) is 3.40. The van der Waals surface area contributed by atoms with Gasteiger partial charge in [0.2, 0.25) is 0 Å². The normalized spacial score (nSPS) is 15.5. The highest BCUT2D eigenvalue weighted by molar-refractivity contribution is 5.89. The smallest absolute Gasteiger partial charge is 0.182 e. The highest BCUT2D eigenvalue weighted by Gasteiger charge is 2.52. The van der Waals surface area contributed by atoms with E-state index in [9.17, 15) is 0 Å². The van der Waals surface area contributed by atoms with Crippen molar-refractivity contribution in [1.29, 1.82) is 0 Å². The number of hydrogen-bond acceptors (Lipinski definition) is 5. The number of nitrogens with zero attached hydrogens (tertiary/aromatic N) is 4. The van der Waals surface area contributed by atoms with Crippen LogP contribution in [0, 0.1) is 0 Å². The van der Waals surface area contributed by atoms with Gasteiger partial charge in [-0.25, -0.2) is 15.0 Å². The molecule has 6 aromatic rings. The molecule has 1 spiro atoms. The Kier molecular flexibility index (Phi) is 5.47. The molecule has 0 fully saturated rings. The number of benzene rings is 4. The van der Waals surface area contributed by atoms with Crippen LogP contribution in [0.5, 0.6) is 5.75 Å². The number of pyridine rings is 1. The standard InChI is InChI=1S/C39H26N4O/c1-2-12-25(13-3-1)36-41-37(43-38(42-36)33-19-10-11-23-40-33)26-21-22-35-32(24-26)39(31-18-8-9-20-34(31)44-35)29-16-6-4-14-27(29)28-15-5-7-17-30(28)39/h1-20,23-24H,21-22H2. The molecule has 9 rings (SSSR count). The Labute approximate surface area is 255 Å². The van der Waals surface area contributed by atoms with E-state index in [0.29, 0.717) is 17.5 Å². The first-order valence-corrected chi connectivity index (χ1v) is 14.9. The van der Waals surface area contributed by atoms with Crippen LogP contribution in [0.25, 0.3) is 39.6 Å². The third-order valence-corrected chi connectivity index (χ3v) is 8.97. The van der Waals surface area contributed by atoms with E-state index in [1.807, 2.05) is 48.5 Å². The minimum absolute atomic E-state index is 0.512. The summed E-state index contributed by atoms with van der Waals surface area (Å²) < 4.78 is 6.69. The Morgan fingerprint density at radius 1 is 0.545 bits per heavy atom. The van der Waals surface area contributed by atoms with Crippen LogP contribution in [-0.4, -0.2) is 19.9 Å². The van der Waals surface area contributed by atoms with Crippen molar-refractivity contribution in [3.8, 4) is 39.8 Å². The fraction of sp³-hybridized carbons (Fsp3) is 0.0769. The van der Waals surface area contributed by atoms with Crippen molar-refractivity contribution in [3.05, 3.63) is 167 Å². The second-order valence-corrected chi connectivity index (χ2v) is 11.3. The van der Waals surface area contributed by atoms with Crippen LogP contribution in [0.4, 0.5) is 0 Å². The first-order valence-electron chi connectivity index (χ1n) is 14.9. The van der Waals surface area contributed by atoms with Crippen LogP contribution in [0.3, 0.4) is 0 Å². The maximum atomic E-state index is 6.69. The first kappa shape index (κ1) is 24.9. The zero-order valence-electron chi connectivity index (χ0n) is 23.8. The van der Waals surface area contributed by atoms with Gasteiger partial charge in [0.15, 0.2) is 17.5 Å². The molecular formula is C39H26N4O. The second-order valence-electron chi connectivity index (χ2n) is 11.3. The van der Waals surface area contributed by atoms with Gasteiger partial charge in [-0.2, -0.15) is 0 Å². The third kappa shape index (κ3) is 3.59. The lowest BCUT2D eigenvalue weighted by atomic mass is 9.64. The Morgan fingerprint density at radius 3 is 1.93 bits per heavy atom. The molecule has 1 aliphatic heterocycles. The lowest BCUT2D eigenvalue weighted by Gasteiger charge is -2.41. The Bertz CT molecular complexity index is 2050. The van der Waals surface area contributed by atoms with Crippen LogP contribution in [0.2, 0.25) is 0 Å². The molecule has 2 aromatic heterocycles. The summed E-state index contributed by atoms with van der Waals surface area (Å²) in [6.45, 7) is 0. The van der Waals surface area contributed by atoms with E-state index in [-0.39, 0.29) is 0 Å². The highest BCUT2D eigenvalue weighted by Crippen LogP contribution is 2.61. The van der Waals surface area contributed by atoms with Crippen molar-refractivity contribution in [2.75, 3.05) is 0 Å². The first-order chi connectivity index (χ1) is 21.8. The van der Waals surface area contributed by atoms with E-state index in [2.05, 4.69) is 83.9 Å². The second kappa shape index (κ2) is 9.68. The largest absolute Gasteiger partial charge is 0.461 e. The molecule has 0 radical (unpaired) electrons. The van der Waals surface area contributed by atoms with Gasteiger partial charge in [0.25, 0.3) is 0 Å². The summed E-state index contributed by atoms with van der Waals surface area (Å²) in [5.41, 5.74) is 9.58. The maximum Gasteiger partial charge on any atom is 0.182 e. The zero-order chi connectivity index (χ0) is 29.1. The van der Waals surface area contributed by atoms with E-state index in [1.54, 1.807) is 6.20 Å². The summed E-state index contributed by atoms with van der Waals surface area (Å²) >= 11 is 0. The zero-order valence-corrected chi connectivity index (χ0v) is 23.8. The molecule has 44 heavy (non-hydrogen) atoms. The molecule has 208 valence electrons. The van der Waals surface area contributed by atoms with Gasteiger partial charge >= 0.3 is 0 Å². The van der Waals surface area contributed by atoms with Gasteiger partial charge in [-0.05, 0) is 58.5 Å². The number of hydrogen-bond donors (Lipinski definition) is 0. The van der Waals surface area contributed by atoms with Gasteiger partial charge < -0.3 is 4.74 Å². The molecule has 3 heterocycles. The fourth-order valence-electron chi connectivity index (χ4n) is 7.11. The number of aromatic nitrogens is 4. The Morgan fingerprint density at radius 2 is 1.18 bits per heavy atom. The predicted octanol–water partition coefficient (Wildman–Crippen LogP) is 8.44. The molecule has 0 amide bonds. The van der Waals surface area contributed by atoms with Gasteiger partial charge in [-0.15, -0.1) is 0 Å². The molecular weight excluding hydrogens is 540 g/mol. The quantitative estimate of drug-likeness (QED) is 0.215. The Hall–Kier alpha value is -5.68. The molecule has 2 aliphatic carbocycles. The summed E-state index contributed by atoms with van der Waals surface area (Å²) in [6.07, 6.45) is 5.56. The van der Waals surface area contributed by atoms with Gasteiger partial charge in [0, 0.05) is 29.3 Å². The number of para-hydroxylation sites is 1. The number of allylic oxidation sites excluding steroid dienone is 4. The third-order valence-electron chi connectivity index (χ3n) is 8.97. The summed E-state index contributed by atoms with van der Waals surface area (Å²) in [6, 6.07) is 42.0. The summed E-state index contributed by atoms with van der Waals surface area (Å²) in [5.74, 6) is 3.78. The lowest BCUT2D eigenvalue weighted by molar-refractivity contribution is 0.365. The SMILES string of the molecule is C1=C(c2nc(-c3ccccc3)nc(-c3ccccn3)n2)CCC2=C1C1(c3ccccc3O2)c2ccccc2-c2ccccc21. The van der Waals surface area contributed by atoms with Crippen molar-refractivity contribution in [3.63, 3.8) is 0 Å². The fourth-order valence-corrected chi connectivity index (χ4v) is 7.11. The molecule has 0 saturated carbocycles. The monoisotopic (exact) mass is 566 g/mol. The van der Waals surface area contributed by atoms with E-state index in [1.165, 1.54) is 22.3 Å². The highest BCUT2D eigenvalue weighted by atomic mass is 16.5. The maximum absolute atomic E-state index is 6.69. The van der Waals surface area contributed by atoms with Crippen molar-refractivity contribution in [2.24, 2.45) is 0 Å². The molecule has 5 heteroatoms. The molecule has 0 N–H and O–H groups in total. The average molecular weight is 567 g/mol. The molecule has 0 atom stereocenters. The van der Waals surface area contributed by atoms with Gasteiger partial charge in [-0.1, -0.05) is 103 Å². The van der Waals surface area contributed by atoms with Crippen LogP contribution in [0.15, 0.2) is 145 Å². The summed E-state index contributed by atoms with van der Waals surface area (Å²) in [4.78, 5) is 19.5. The van der Waals surface area contributed by atoms with Crippen LogP contribution in [-0.2, 0) is 5.41 Å². The summed E-state index contributed by atoms with van der Waals surface area (Å²) in [5, 5.41) is 0. The van der Waals surface area contributed by atoms with E-state index >= 15 is 0 Å². The van der Waals surface area contributed by atoms with E-state index in [0.717, 1.165) is 52.3 Å². The number of fused-ring (bicyclic) bond motifs is 8. The van der Waals surface area contributed by atoms with Crippen molar-refractivity contribution in [2.45, 2.75) is 18.3 Å². The summed E-state index contributed by atoms with van der Waals surface area (Å²) in [7, 11) is 0. The van der Waals surface area contributed by atoms with Crippen molar-refractivity contribution in [1.82, 2.24) is 19.9 Å². The van der Waals surface area contributed by atoms with E-state index in [4.69, 9.17) is 19.7 Å². The molecule has 0 bridgehead atoms.